The molecule has 34 heavy (non-hydrogen) atoms. The second-order valence-corrected chi connectivity index (χ2v) is 7.92. The van der Waals surface area contributed by atoms with E-state index in [1.165, 1.54) is 18.2 Å². The maximum atomic E-state index is 11.7. The smallest absolute Gasteiger partial charge is 0.397 e. The third-order valence-electron chi connectivity index (χ3n) is 3.54. The Balaban J connectivity index is 0.000000342. The number of nitrogen functional groups attached to an aromatic ring is 1. The van der Waals surface area contributed by atoms with E-state index < -0.39 is 30.9 Å². The van der Waals surface area contributed by atoms with Crippen LogP contribution in [-0.2, 0) is 9.47 Å². The highest BCUT2D eigenvalue weighted by molar-refractivity contribution is 9.10. The fourth-order valence-electron chi connectivity index (χ4n) is 2.20. The molecule has 0 atom stereocenters. The number of nitrogens with one attached hydrogen (secondary N) is 2. The van der Waals surface area contributed by atoms with Crippen LogP contribution >= 0.6 is 31.9 Å². The zero-order valence-corrected chi connectivity index (χ0v) is 20.1. The van der Waals surface area contributed by atoms with Crippen molar-refractivity contribution in [1.29, 1.82) is 0 Å². The van der Waals surface area contributed by atoms with Crippen molar-refractivity contribution in [2.75, 3.05) is 42.7 Å². The number of rotatable bonds is 9. The van der Waals surface area contributed by atoms with Crippen LogP contribution in [0.4, 0.5) is 49.1 Å². The average molecular weight is 628 g/mol. The lowest BCUT2D eigenvalue weighted by atomic mass is 10.2. The summed E-state index contributed by atoms with van der Waals surface area (Å²) in [5.74, 6) is 0. The number of ether oxygens (including phenoxy) is 2. The van der Waals surface area contributed by atoms with E-state index >= 15 is 0 Å². The first kappa shape index (κ1) is 29.7. The summed E-state index contributed by atoms with van der Waals surface area (Å²) in [7, 11) is 0. The normalized spacial score (nSPS) is 11.4. The Kier molecular flexibility index (Phi) is 11.9. The maximum absolute atomic E-state index is 11.7. The molecular weight excluding hydrogens is 610 g/mol. The van der Waals surface area contributed by atoms with Gasteiger partial charge in [-0.2, -0.15) is 0 Å². The minimum Gasteiger partial charge on any atom is -0.397 e. The van der Waals surface area contributed by atoms with E-state index in [4.69, 9.17) is 5.73 Å². The average Bonchev–Trinajstić information content (AvgIpc) is 2.70. The van der Waals surface area contributed by atoms with Gasteiger partial charge >= 0.3 is 12.7 Å². The van der Waals surface area contributed by atoms with Crippen molar-refractivity contribution in [1.82, 2.24) is 0 Å². The third kappa shape index (κ3) is 12.8. The van der Waals surface area contributed by atoms with E-state index in [9.17, 15) is 36.5 Å². The summed E-state index contributed by atoms with van der Waals surface area (Å²) in [4.78, 5) is 10.0. The molecule has 2 rings (SSSR count). The number of nitrogens with zero attached hydrogens (tertiary/aromatic N) is 1. The van der Waals surface area contributed by atoms with E-state index in [-0.39, 0.29) is 24.5 Å². The van der Waals surface area contributed by atoms with Gasteiger partial charge in [0.25, 0.3) is 5.69 Å². The lowest BCUT2D eigenvalue weighted by molar-refractivity contribution is -0.384. The standard InChI is InChI=1S/C9H8BrF3N2O3.C9H10BrF3N2O/c10-6-1-2-8(15(16)17)7(5-6)14-3-4-18-9(11,12)13;10-6-1-2-7(14)8(5-6)15-3-4-16-9(11,12)13/h1-2,5,14H,3-4H2;1-2,5,15H,3-4,14H2. The molecule has 0 spiro atoms. The van der Waals surface area contributed by atoms with Crippen molar-refractivity contribution in [2.24, 2.45) is 0 Å². The zero-order chi connectivity index (χ0) is 25.9. The monoisotopic (exact) mass is 626 g/mol. The third-order valence-corrected chi connectivity index (χ3v) is 4.52. The Bertz CT molecular complexity index is 948. The number of nitro benzene ring substituents is 1. The van der Waals surface area contributed by atoms with Crippen LogP contribution < -0.4 is 16.4 Å². The molecule has 0 amide bonds. The first-order valence-corrected chi connectivity index (χ1v) is 10.6. The van der Waals surface area contributed by atoms with E-state index in [2.05, 4.69) is 52.0 Å². The lowest BCUT2D eigenvalue weighted by Gasteiger charge is -2.11. The van der Waals surface area contributed by atoms with Gasteiger partial charge in [-0.05, 0) is 30.3 Å². The molecule has 0 saturated carbocycles. The van der Waals surface area contributed by atoms with Gasteiger partial charge in [0.05, 0.1) is 29.5 Å². The van der Waals surface area contributed by atoms with Gasteiger partial charge in [-0.3, -0.25) is 19.6 Å². The molecule has 2 aromatic carbocycles. The van der Waals surface area contributed by atoms with Gasteiger partial charge < -0.3 is 16.4 Å². The van der Waals surface area contributed by atoms with Crippen molar-refractivity contribution in [3.63, 3.8) is 0 Å². The van der Waals surface area contributed by atoms with Crippen LogP contribution in [0.15, 0.2) is 45.3 Å². The highest BCUT2D eigenvalue weighted by atomic mass is 79.9. The first-order valence-electron chi connectivity index (χ1n) is 9.06. The summed E-state index contributed by atoms with van der Waals surface area (Å²) < 4.78 is 78.5. The highest BCUT2D eigenvalue weighted by Gasteiger charge is 2.29. The maximum Gasteiger partial charge on any atom is 0.522 e. The van der Waals surface area contributed by atoms with Gasteiger partial charge in [0.15, 0.2) is 0 Å². The molecule has 0 aromatic heterocycles. The number of nitrogens with two attached hydrogens (primary N) is 1. The Morgan fingerprint density at radius 3 is 1.76 bits per heavy atom. The molecule has 0 unspecified atom stereocenters. The topological polar surface area (TPSA) is 112 Å². The Morgan fingerprint density at radius 1 is 0.853 bits per heavy atom. The second-order valence-electron chi connectivity index (χ2n) is 6.09. The molecule has 190 valence electrons. The number of hydrogen-bond acceptors (Lipinski definition) is 7. The summed E-state index contributed by atoms with van der Waals surface area (Å²) in [5.41, 5.74) is 6.56. The number of alkyl halides is 6. The summed E-state index contributed by atoms with van der Waals surface area (Å²) in [6.45, 7) is -1.26. The molecule has 0 fully saturated rings. The molecular formula is C18H18Br2F6N4O4. The summed E-state index contributed by atoms with van der Waals surface area (Å²) >= 11 is 6.34. The van der Waals surface area contributed by atoms with Crippen molar-refractivity contribution < 1.29 is 40.7 Å². The fraction of sp³-hybridized carbons (Fsp3) is 0.333. The van der Waals surface area contributed by atoms with Crippen LogP contribution in [0.5, 0.6) is 0 Å². The Morgan fingerprint density at radius 2 is 1.29 bits per heavy atom. The Labute approximate surface area is 206 Å². The van der Waals surface area contributed by atoms with E-state index in [0.717, 1.165) is 4.47 Å². The van der Waals surface area contributed by atoms with Gasteiger partial charge in [0.2, 0.25) is 0 Å². The minimum absolute atomic E-state index is 0.0279. The van der Waals surface area contributed by atoms with Crippen molar-refractivity contribution in [2.45, 2.75) is 12.7 Å². The number of anilines is 3. The summed E-state index contributed by atoms with van der Waals surface area (Å²) in [5, 5.41) is 15.9. The van der Waals surface area contributed by atoms with Crippen LogP contribution in [-0.4, -0.2) is 44.0 Å². The molecule has 16 heteroatoms. The molecule has 0 aliphatic carbocycles. The lowest BCUT2D eigenvalue weighted by Crippen LogP contribution is -2.19. The second kappa shape index (κ2) is 13.6. The quantitative estimate of drug-likeness (QED) is 0.0986. The number of benzene rings is 2. The molecule has 0 saturated heterocycles. The Hall–Kier alpha value is -2.30. The van der Waals surface area contributed by atoms with Gasteiger partial charge in [0.1, 0.15) is 5.69 Å². The van der Waals surface area contributed by atoms with Gasteiger partial charge in [-0.25, -0.2) is 0 Å². The minimum atomic E-state index is -4.70. The highest BCUT2D eigenvalue weighted by Crippen LogP contribution is 2.28. The fourth-order valence-corrected chi connectivity index (χ4v) is 2.92. The molecule has 2 aromatic rings. The molecule has 0 heterocycles. The first-order chi connectivity index (χ1) is 15.7. The van der Waals surface area contributed by atoms with Crippen LogP contribution in [0, 0.1) is 10.1 Å². The number of halogens is 8. The molecule has 0 bridgehead atoms. The predicted molar refractivity (Wildman–Crippen MR) is 120 cm³/mol. The molecule has 0 aliphatic rings. The SMILES string of the molecule is Nc1ccc(Br)cc1NCCOC(F)(F)F.O=[N+]([O-])c1ccc(Br)cc1NCCOC(F)(F)F. The van der Waals surface area contributed by atoms with E-state index in [1.54, 1.807) is 18.2 Å². The van der Waals surface area contributed by atoms with Crippen LogP contribution in [0.3, 0.4) is 0 Å². The molecule has 8 nitrogen and oxygen atoms in total. The summed E-state index contributed by atoms with van der Waals surface area (Å²) in [6, 6.07) is 9.20. The zero-order valence-electron chi connectivity index (χ0n) is 17.0. The van der Waals surface area contributed by atoms with Crippen LogP contribution in [0.25, 0.3) is 0 Å². The largest absolute Gasteiger partial charge is 0.522 e. The summed E-state index contributed by atoms with van der Waals surface area (Å²) in [6.07, 6.45) is -9.30. The van der Waals surface area contributed by atoms with Gasteiger partial charge in [-0.15, -0.1) is 26.3 Å². The van der Waals surface area contributed by atoms with Crippen molar-refractivity contribution in [3.05, 3.63) is 55.5 Å². The van der Waals surface area contributed by atoms with Crippen molar-refractivity contribution in [3.8, 4) is 0 Å². The molecule has 4 N–H and O–H groups in total. The van der Waals surface area contributed by atoms with Crippen LogP contribution in [0.2, 0.25) is 0 Å². The van der Waals surface area contributed by atoms with Crippen molar-refractivity contribution >= 4 is 54.6 Å². The predicted octanol–water partition coefficient (Wildman–Crippen LogP) is 6.29. The van der Waals surface area contributed by atoms with Crippen LogP contribution in [0.1, 0.15) is 0 Å². The molecule has 0 aliphatic heterocycles. The van der Waals surface area contributed by atoms with Gasteiger partial charge in [0, 0.05) is 28.1 Å². The molecule has 0 radical (unpaired) electrons. The number of nitro groups is 1. The van der Waals surface area contributed by atoms with E-state index in [0.29, 0.717) is 15.8 Å². The van der Waals surface area contributed by atoms with E-state index in [1.807, 2.05) is 0 Å². The van der Waals surface area contributed by atoms with Gasteiger partial charge in [-0.1, -0.05) is 31.9 Å². The number of hydrogen-bond donors (Lipinski definition) is 3.